The molecular weight excluding hydrogens is 373 g/mol. The lowest BCUT2D eigenvalue weighted by Crippen LogP contribution is -2.38. The number of carbonyl (C=O) groups excluding carboxylic acids is 1. The zero-order valence-electron chi connectivity index (χ0n) is 12.3. The van der Waals surface area contributed by atoms with Crippen LogP contribution in [0.25, 0.3) is 0 Å². The Kier molecular flexibility index (Phi) is 5.42. The summed E-state index contributed by atoms with van der Waals surface area (Å²) < 4.78 is 12.3. The van der Waals surface area contributed by atoms with E-state index in [1.807, 2.05) is 0 Å². The van der Waals surface area contributed by atoms with Gasteiger partial charge in [0, 0.05) is 38.8 Å². The van der Waals surface area contributed by atoms with E-state index in [9.17, 15) is 9.00 Å². The van der Waals surface area contributed by atoms with Crippen LogP contribution in [0.4, 0.5) is 0 Å². The van der Waals surface area contributed by atoms with Gasteiger partial charge in [-0.2, -0.15) is 0 Å². The van der Waals surface area contributed by atoms with E-state index in [2.05, 4.69) is 11.4 Å². The van der Waals surface area contributed by atoms with Crippen molar-refractivity contribution in [3.8, 4) is 0 Å². The molecule has 3 rings (SSSR count). The van der Waals surface area contributed by atoms with Crippen molar-refractivity contribution in [2.75, 3.05) is 12.3 Å². The summed E-state index contributed by atoms with van der Waals surface area (Å²) in [5, 5.41) is 3.08. The van der Waals surface area contributed by atoms with Crippen molar-refractivity contribution in [3.05, 3.63) is 55.7 Å². The third kappa shape index (κ3) is 4.15. The summed E-state index contributed by atoms with van der Waals surface area (Å²) in [6.07, 6.45) is 0.883. The Morgan fingerprint density at radius 2 is 2.13 bits per heavy atom. The van der Waals surface area contributed by atoms with Gasteiger partial charge in [0.05, 0.1) is 5.75 Å². The van der Waals surface area contributed by atoms with E-state index in [1.165, 1.54) is 10.4 Å². The smallest absolute Gasteiger partial charge is 0.235 e. The van der Waals surface area contributed by atoms with Gasteiger partial charge in [-0.05, 0) is 41.1 Å². The van der Waals surface area contributed by atoms with Crippen LogP contribution in [0.1, 0.15) is 16.0 Å². The maximum atomic E-state index is 12.4. The Morgan fingerprint density at radius 3 is 2.91 bits per heavy atom. The minimum atomic E-state index is -1.28. The molecule has 1 atom stereocenters. The Hall–Kier alpha value is -0.880. The van der Waals surface area contributed by atoms with Crippen LogP contribution in [0.5, 0.6) is 0 Å². The Morgan fingerprint density at radius 1 is 1.30 bits per heavy atom. The van der Waals surface area contributed by atoms with Gasteiger partial charge in [-0.3, -0.25) is 9.00 Å². The van der Waals surface area contributed by atoms with Crippen LogP contribution in [0.3, 0.4) is 0 Å². The fourth-order valence-corrected chi connectivity index (χ4v) is 5.16. The molecule has 2 heterocycles. The summed E-state index contributed by atoms with van der Waals surface area (Å²) in [7, 11) is -1.28. The Bertz CT molecular complexity index is 760. The average molecular weight is 388 g/mol. The van der Waals surface area contributed by atoms with Gasteiger partial charge < -0.3 is 4.90 Å². The first-order chi connectivity index (χ1) is 11.0. The quantitative estimate of drug-likeness (QED) is 0.797. The Balaban J connectivity index is 1.59. The van der Waals surface area contributed by atoms with Gasteiger partial charge in [-0.15, -0.1) is 11.3 Å². The van der Waals surface area contributed by atoms with Crippen LogP contribution in [-0.2, 0) is 34.3 Å². The van der Waals surface area contributed by atoms with E-state index in [4.69, 9.17) is 23.2 Å². The molecule has 3 nitrogen and oxygen atoms in total. The van der Waals surface area contributed by atoms with Crippen molar-refractivity contribution in [2.45, 2.75) is 18.7 Å². The van der Waals surface area contributed by atoms with Crippen molar-refractivity contribution < 1.29 is 9.00 Å². The maximum Gasteiger partial charge on any atom is 0.235 e. The van der Waals surface area contributed by atoms with Crippen LogP contribution >= 0.6 is 34.5 Å². The highest BCUT2D eigenvalue weighted by atomic mass is 35.5. The Labute approximate surface area is 151 Å². The molecule has 1 aromatic carbocycles. The van der Waals surface area contributed by atoms with Crippen LogP contribution in [0.15, 0.2) is 29.6 Å². The number of hydrogen-bond acceptors (Lipinski definition) is 3. The highest BCUT2D eigenvalue weighted by Crippen LogP contribution is 2.25. The molecule has 1 aliphatic rings. The zero-order valence-corrected chi connectivity index (χ0v) is 15.4. The standard InChI is InChI=1S/C16H15Cl2NO2S2/c17-13-2-1-12(14(18)7-13)9-23(21)10-16(20)19-5-3-15-11(8-19)4-6-22-15/h1-2,4,6-7H,3,5,8-10H2/t23-/m1/s1. The van der Waals surface area contributed by atoms with E-state index >= 15 is 0 Å². The van der Waals surface area contributed by atoms with Gasteiger partial charge in [-0.1, -0.05) is 29.3 Å². The van der Waals surface area contributed by atoms with Gasteiger partial charge in [0.2, 0.25) is 5.91 Å². The third-order valence-corrected chi connectivity index (χ3v) is 6.59. The monoisotopic (exact) mass is 387 g/mol. The number of nitrogens with zero attached hydrogens (tertiary/aromatic N) is 1. The van der Waals surface area contributed by atoms with E-state index in [1.54, 1.807) is 34.4 Å². The first kappa shape index (κ1) is 17.0. The lowest BCUT2D eigenvalue weighted by atomic mass is 10.1. The van der Waals surface area contributed by atoms with Crippen LogP contribution < -0.4 is 0 Å². The van der Waals surface area contributed by atoms with Gasteiger partial charge in [0.25, 0.3) is 0 Å². The number of benzene rings is 1. The number of carbonyl (C=O) groups is 1. The minimum absolute atomic E-state index is 0.0262. The molecule has 1 aliphatic heterocycles. The van der Waals surface area contributed by atoms with E-state index in [0.717, 1.165) is 12.0 Å². The largest absolute Gasteiger partial charge is 0.337 e. The molecule has 0 spiro atoms. The maximum absolute atomic E-state index is 12.4. The number of thiophene rings is 1. The van der Waals surface area contributed by atoms with Crippen molar-refractivity contribution in [1.29, 1.82) is 0 Å². The van der Waals surface area contributed by atoms with Gasteiger partial charge in [0.1, 0.15) is 5.75 Å². The molecule has 0 N–H and O–H groups in total. The third-order valence-electron chi connectivity index (χ3n) is 3.78. The molecule has 0 saturated heterocycles. The van der Waals surface area contributed by atoms with E-state index < -0.39 is 10.8 Å². The van der Waals surface area contributed by atoms with Crippen molar-refractivity contribution in [2.24, 2.45) is 0 Å². The fourth-order valence-electron chi connectivity index (χ4n) is 2.55. The topological polar surface area (TPSA) is 37.4 Å². The average Bonchev–Trinajstić information content (AvgIpc) is 2.97. The summed E-state index contributed by atoms with van der Waals surface area (Å²) in [6.45, 7) is 1.32. The van der Waals surface area contributed by atoms with E-state index in [-0.39, 0.29) is 17.4 Å². The van der Waals surface area contributed by atoms with Gasteiger partial charge >= 0.3 is 0 Å². The highest BCUT2D eigenvalue weighted by Gasteiger charge is 2.23. The minimum Gasteiger partial charge on any atom is -0.337 e. The number of amides is 1. The first-order valence-electron chi connectivity index (χ1n) is 7.15. The van der Waals surface area contributed by atoms with Gasteiger partial charge in [-0.25, -0.2) is 0 Å². The second-order valence-corrected chi connectivity index (χ2v) is 8.70. The second kappa shape index (κ2) is 7.34. The molecular formula is C16H15Cl2NO2S2. The molecule has 0 aliphatic carbocycles. The number of fused-ring (bicyclic) bond motifs is 1. The highest BCUT2D eigenvalue weighted by molar-refractivity contribution is 7.84. The number of halogens is 2. The molecule has 122 valence electrons. The zero-order chi connectivity index (χ0) is 16.4. The molecule has 0 unspecified atom stereocenters. The SMILES string of the molecule is O=C(C[S@](=O)Cc1ccc(Cl)cc1Cl)N1CCc2sccc2C1. The predicted molar refractivity (Wildman–Crippen MR) is 96.6 cm³/mol. The molecule has 1 aromatic heterocycles. The van der Waals surface area contributed by atoms with Crippen molar-refractivity contribution in [3.63, 3.8) is 0 Å². The lowest BCUT2D eigenvalue weighted by Gasteiger charge is -2.26. The van der Waals surface area contributed by atoms with Crippen LogP contribution in [0.2, 0.25) is 10.0 Å². The second-order valence-electron chi connectivity index (χ2n) is 5.40. The lowest BCUT2D eigenvalue weighted by molar-refractivity contribution is -0.129. The fraction of sp³-hybridized carbons (Fsp3) is 0.312. The predicted octanol–water partition coefficient (Wildman–Crippen LogP) is 3.89. The summed E-state index contributed by atoms with van der Waals surface area (Å²) in [5.41, 5.74) is 1.96. The molecule has 1 amide bonds. The molecule has 0 fully saturated rings. The van der Waals surface area contributed by atoms with Crippen LogP contribution in [0, 0.1) is 0 Å². The molecule has 7 heteroatoms. The number of rotatable bonds is 4. The molecule has 0 saturated carbocycles. The summed E-state index contributed by atoms with van der Waals surface area (Å²) in [6, 6.07) is 7.15. The first-order valence-corrected chi connectivity index (χ1v) is 10.3. The summed E-state index contributed by atoms with van der Waals surface area (Å²) in [5.74, 6) is 0.225. The molecule has 2 aromatic rings. The van der Waals surface area contributed by atoms with Crippen molar-refractivity contribution in [1.82, 2.24) is 4.90 Å². The van der Waals surface area contributed by atoms with Gasteiger partial charge in [0.15, 0.2) is 0 Å². The van der Waals surface area contributed by atoms with E-state index in [0.29, 0.717) is 23.1 Å². The number of hydrogen-bond donors (Lipinski definition) is 0. The molecule has 0 bridgehead atoms. The molecule has 0 radical (unpaired) electrons. The normalized spacial score (nSPS) is 15.3. The summed E-state index contributed by atoms with van der Waals surface area (Å²) in [4.78, 5) is 15.5. The summed E-state index contributed by atoms with van der Waals surface area (Å²) >= 11 is 13.7. The molecule has 23 heavy (non-hydrogen) atoms. The van der Waals surface area contributed by atoms with Crippen LogP contribution in [-0.4, -0.2) is 27.3 Å². The van der Waals surface area contributed by atoms with Crippen molar-refractivity contribution >= 4 is 51.2 Å².